The van der Waals surface area contributed by atoms with E-state index >= 15 is 0 Å². The van der Waals surface area contributed by atoms with Crippen molar-refractivity contribution in [1.29, 1.82) is 5.26 Å². The summed E-state index contributed by atoms with van der Waals surface area (Å²) in [5, 5.41) is 19.9. The van der Waals surface area contributed by atoms with E-state index < -0.39 is 4.92 Å². The Morgan fingerprint density at radius 2 is 2.25 bits per heavy atom. The molecule has 0 bridgehead atoms. The predicted octanol–water partition coefficient (Wildman–Crippen LogP) is 1.86. The highest BCUT2D eigenvalue weighted by molar-refractivity contribution is 5.71. The van der Waals surface area contributed by atoms with Gasteiger partial charge in [-0.05, 0) is 19.1 Å². The molecular weight excluding hydrogens is 262 g/mol. The highest BCUT2D eigenvalue weighted by atomic mass is 16.6. The van der Waals surface area contributed by atoms with Crippen LogP contribution >= 0.6 is 0 Å². The standard InChI is InChI=1S/C13H15N3O4/c1-3-15(7-6-13(17)20-2)11-5-4-10(9-14)8-12(11)16(18)19/h4-5,8H,3,6-7H2,1-2H3. The topological polar surface area (TPSA) is 96.5 Å². The smallest absolute Gasteiger partial charge is 0.307 e. The lowest BCUT2D eigenvalue weighted by Gasteiger charge is -2.22. The Balaban J connectivity index is 3.05. The molecule has 0 aromatic heterocycles. The number of esters is 1. The zero-order chi connectivity index (χ0) is 15.1. The second-order valence-corrected chi connectivity index (χ2v) is 3.98. The highest BCUT2D eigenvalue weighted by Gasteiger charge is 2.20. The van der Waals surface area contributed by atoms with E-state index in [0.717, 1.165) is 0 Å². The van der Waals surface area contributed by atoms with Crippen molar-refractivity contribution in [2.75, 3.05) is 25.1 Å². The molecule has 1 rings (SSSR count). The molecule has 0 spiro atoms. The Morgan fingerprint density at radius 1 is 1.55 bits per heavy atom. The zero-order valence-electron chi connectivity index (χ0n) is 11.3. The minimum absolute atomic E-state index is 0.140. The van der Waals surface area contributed by atoms with Gasteiger partial charge in [-0.2, -0.15) is 5.26 Å². The van der Waals surface area contributed by atoms with Crippen LogP contribution in [0, 0.1) is 21.4 Å². The summed E-state index contributed by atoms with van der Waals surface area (Å²) in [7, 11) is 1.29. The van der Waals surface area contributed by atoms with Crippen molar-refractivity contribution in [3.8, 4) is 6.07 Å². The molecule has 0 fully saturated rings. The van der Waals surface area contributed by atoms with Crippen molar-refractivity contribution in [2.45, 2.75) is 13.3 Å². The third-order valence-corrected chi connectivity index (χ3v) is 2.84. The Bertz CT molecular complexity index is 551. The molecule has 0 aliphatic carbocycles. The minimum Gasteiger partial charge on any atom is -0.469 e. The molecule has 1 aromatic carbocycles. The fourth-order valence-corrected chi connectivity index (χ4v) is 1.78. The van der Waals surface area contributed by atoms with Crippen molar-refractivity contribution in [1.82, 2.24) is 0 Å². The number of nitro groups is 1. The lowest BCUT2D eigenvalue weighted by molar-refractivity contribution is -0.384. The molecule has 0 atom stereocenters. The first-order valence-electron chi connectivity index (χ1n) is 6.03. The molecule has 0 aliphatic rings. The van der Waals surface area contributed by atoms with Crippen LogP contribution < -0.4 is 4.90 Å². The number of ether oxygens (including phenoxy) is 1. The van der Waals surface area contributed by atoms with Crippen molar-refractivity contribution in [3.63, 3.8) is 0 Å². The number of carbonyl (C=O) groups is 1. The molecule has 0 saturated heterocycles. The van der Waals surface area contributed by atoms with Crippen LogP contribution in [0.15, 0.2) is 18.2 Å². The van der Waals surface area contributed by atoms with Crippen LogP contribution in [0.1, 0.15) is 18.9 Å². The summed E-state index contributed by atoms with van der Waals surface area (Å²) in [6.45, 7) is 2.65. The van der Waals surface area contributed by atoms with Crippen LogP contribution in [-0.4, -0.2) is 31.1 Å². The fourth-order valence-electron chi connectivity index (χ4n) is 1.78. The van der Waals surface area contributed by atoms with E-state index in [1.165, 1.54) is 25.3 Å². The van der Waals surface area contributed by atoms with E-state index in [9.17, 15) is 14.9 Å². The molecule has 0 N–H and O–H groups in total. The Hall–Kier alpha value is -2.62. The Labute approximate surface area is 116 Å². The lowest BCUT2D eigenvalue weighted by atomic mass is 10.1. The SMILES string of the molecule is CCN(CCC(=O)OC)c1ccc(C#N)cc1[N+](=O)[O-]. The lowest BCUT2D eigenvalue weighted by Crippen LogP contribution is -2.26. The number of hydrogen-bond acceptors (Lipinski definition) is 6. The minimum atomic E-state index is -0.531. The first-order valence-corrected chi connectivity index (χ1v) is 6.03. The zero-order valence-corrected chi connectivity index (χ0v) is 11.3. The number of methoxy groups -OCH3 is 1. The van der Waals surface area contributed by atoms with Crippen LogP contribution in [0.5, 0.6) is 0 Å². The Morgan fingerprint density at radius 3 is 2.75 bits per heavy atom. The van der Waals surface area contributed by atoms with Gasteiger partial charge in [0, 0.05) is 19.2 Å². The molecule has 0 unspecified atom stereocenters. The highest BCUT2D eigenvalue weighted by Crippen LogP contribution is 2.29. The van der Waals surface area contributed by atoms with Crippen LogP contribution in [0.3, 0.4) is 0 Å². The monoisotopic (exact) mass is 277 g/mol. The summed E-state index contributed by atoms with van der Waals surface area (Å²) in [6, 6.07) is 6.14. The number of nitriles is 1. The number of hydrogen-bond donors (Lipinski definition) is 0. The van der Waals surface area contributed by atoms with Crippen LogP contribution in [0.25, 0.3) is 0 Å². The molecule has 1 aromatic rings. The number of nitro benzene ring substituents is 1. The van der Waals surface area contributed by atoms with Gasteiger partial charge in [0.2, 0.25) is 0 Å². The first kappa shape index (κ1) is 15.4. The first-order chi connectivity index (χ1) is 9.53. The average Bonchev–Trinajstić information content (AvgIpc) is 2.47. The van der Waals surface area contributed by atoms with E-state index in [2.05, 4.69) is 4.74 Å². The third kappa shape index (κ3) is 3.68. The number of anilines is 1. The fraction of sp³-hybridized carbons (Fsp3) is 0.385. The van der Waals surface area contributed by atoms with Gasteiger partial charge < -0.3 is 9.64 Å². The van der Waals surface area contributed by atoms with Gasteiger partial charge in [0.25, 0.3) is 5.69 Å². The second-order valence-electron chi connectivity index (χ2n) is 3.98. The van der Waals surface area contributed by atoms with Crippen LogP contribution in [-0.2, 0) is 9.53 Å². The molecule has 0 aliphatic heterocycles. The average molecular weight is 277 g/mol. The van der Waals surface area contributed by atoms with E-state index in [0.29, 0.717) is 18.8 Å². The van der Waals surface area contributed by atoms with E-state index in [1.54, 1.807) is 4.90 Å². The molecule has 20 heavy (non-hydrogen) atoms. The predicted molar refractivity (Wildman–Crippen MR) is 72.3 cm³/mol. The van der Waals surface area contributed by atoms with Gasteiger partial charge in [-0.3, -0.25) is 14.9 Å². The number of nitrogens with zero attached hydrogens (tertiary/aromatic N) is 3. The van der Waals surface area contributed by atoms with Crippen LogP contribution in [0.4, 0.5) is 11.4 Å². The van der Waals surface area contributed by atoms with Gasteiger partial charge in [-0.1, -0.05) is 0 Å². The van der Waals surface area contributed by atoms with E-state index in [1.807, 2.05) is 13.0 Å². The summed E-state index contributed by atoms with van der Waals surface area (Å²) in [5.41, 5.74) is 0.473. The number of benzene rings is 1. The summed E-state index contributed by atoms with van der Waals surface area (Å²) in [5.74, 6) is -0.375. The quantitative estimate of drug-likeness (QED) is 0.447. The molecular formula is C13H15N3O4. The van der Waals surface area contributed by atoms with E-state index in [-0.39, 0.29) is 23.6 Å². The van der Waals surface area contributed by atoms with Crippen LogP contribution in [0.2, 0.25) is 0 Å². The normalized spacial score (nSPS) is 9.65. The molecule has 7 nitrogen and oxygen atoms in total. The van der Waals surface area contributed by atoms with Crippen molar-refractivity contribution < 1.29 is 14.5 Å². The third-order valence-electron chi connectivity index (χ3n) is 2.84. The molecule has 0 radical (unpaired) electrons. The number of carbonyl (C=O) groups excluding carboxylic acids is 1. The van der Waals surface area contributed by atoms with Gasteiger partial charge >= 0.3 is 5.97 Å². The van der Waals surface area contributed by atoms with Gasteiger partial charge in [0.1, 0.15) is 5.69 Å². The largest absolute Gasteiger partial charge is 0.469 e. The van der Waals surface area contributed by atoms with Gasteiger partial charge in [-0.25, -0.2) is 0 Å². The molecule has 106 valence electrons. The van der Waals surface area contributed by atoms with Crippen molar-refractivity contribution >= 4 is 17.3 Å². The van der Waals surface area contributed by atoms with E-state index in [4.69, 9.17) is 5.26 Å². The summed E-state index contributed by atoms with van der Waals surface area (Å²) in [4.78, 5) is 23.4. The maximum Gasteiger partial charge on any atom is 0.307 e. The van der Waals surface area contributed by atoms with Crippen molar-refractivity contribution in [3.05, 3.63) is 33.9 Å². The summed E-state index contributed by atoms with van der Waals surface area (Å²) in [6.07, 6.45) is 0.140. The summed E-state index contributed by atoms with van der Waals surface area (Å²) < 4.78 is 4.55. The molecule has 0 heterocycles. The molecule has 7 heteroatoms. The van der Waals surface area contributed by atoms with Crippen molar-refractivity contribution in [2.24, 2.45) is 0 Å². The van der Waals surface area contributed by atoms with Gasteiger partial charge in [0.05, 0.1) is 30.1 Å². The molecule has 0 saturated carbocycles. The van der Waals surface area contributed by atoms with Gasteiger partial charge in [0.15, 0.2) is 0 Å². The van der Waals surface area contributed by atoms with Gasteiger partial charge in [-0.15, -0.1) is 0 Å². The molecule has 0 amide bonds. The number of rotatable bonds is 6. The maximum absolute atomic E-state index is 11.2. The Kier molecular flexibility index (Phi) is 5.47. The second kappa shape index (κ2) is 7.09. The maximum atomic E-state index is 11.2. The summed E-state index contributed by atoms with van der Waals surface area (Å²) >= 11 is 0.